The van der Waals surface area contributed by atoms with Crippen LogP contribution in [-0.4, -0.2) is 17.1 Å². The molecule has 0 unspecified atom stereocenters. The summed E-state index contributed by atoms with van der Waals surface area (Å²) in [6.07, 6.45) is 0. The van der Waals surface area contributed by atoms with Crippen molar-refractivity contribution in [3.63, 3.8) is 0 Å². The Kier molecular flexibility index (Phi) is 4.34. The zero-order valence-corrected chi connectivity index (χ0v) is 12.8. The minimum atomic E-state index is 0.0983. The van der Waals surface area contributed by atoms with Gasteiger partial charge in [0.15, 0.2) is 0 Å². The van der Waals surface area contributed by atoms with Crippen LogP contribution in [0.5, 0.6) is 5.88 Å². The molecule has 1 aromatic heterocycles. The van der Waals surface area contributed by atoms with Crippen molar-refractivity contribution in [1.82, 2.24) is 9.97 Å². The van der Waals surface area contributed by atoms with Crippen molar-refractivity contribution >= 4 is 56.6 Å². The van der Waals surface area contributed by atoms with Gasteiger partial charge in [-0.15, -0.1) is 0 Å². The number of nitrogens with one attached hydrogen (secondary N) is 1. The van der Waals surface area contributed by atoms with Gasteiger partial charge in [-0.25, -0.2) is 0 Å². The fraction of sp³-hybridized carbons (Fsp3) is 0.0909. The van der Waals surface area contributed by atoms with Gasteiger partial charge in [0, 0.05) is 10.5 Å². The van der Waals surface area contributed by atoms with Gasteiger partial charge in [-0.3, -0.25) is 0 Å². The van der Waals surface area contributed by atoms with E-state index in [0.29, 0.717) is 31.9 Å². The van der Waals surface area contributed by atoms with E-state index >= 15 is 0 Å². The summed E-state index contributed by atoms with van der Waals surface area (Å²) < 4.78 is 5.72. The summed E-state index contributed by atoms with van der Waals surface area (Å²) in [7, 11) is 1.50. The second-order valence-corrected chi connectivity index (χ2v) is 5.11. The summed E-state index contributed by atoms with van der Waals surface area (Å²) in [5.74, 6) is 0.917. The minimum absolute atomic E-state index is 0.0983. The number of nitrogen functional groups attached to an aromatic ring is 1. The Bertz CT molecular complexity index is 624. The topological polar surface area (TPSA) is 73.1 Å². The third-order valence-electron chi connectivity index (χ3n) is 2.23. The molecule has 2 aromatic rings. The van der Waals surface area contributed by atoms with E-state index in [-0.39, 0.29) is 5.95 Å². The number of nitrogens with two attached hydrogens (primary N) is 1. The second-order valence-electron chi connectivity index (χ2n) is 3.50. The molecular formula is C11H9BrCl2N4O. The largest absolute Gasteiger partial charge is 0.481 e. The highest BCUT2D eigenvalue weighted by Gasteiger charge is 2.10. The SMILES string of the molecule is COc1cc(Nc2ccc(Br)c(Cl)c2Cl)nc(N)n1. The van der Waals surface area contributed by atoms with Crippen LogP contribution in [0.15, 0.2) is 22.7 Å². The summed E-state index contributed by atoms with van der Waals surface area (Å²) in [6, 6.07) is 5.14. The highest BCUT2D eigenvalue weighted by molar-refractivity contribution is 9.10. The van der Waals surface area contributed by atoms with Crippen LogP contribution in [0.25, 0.3) is 0 Å². The van der Waals surface area contributed by atoms with Crippen molar-refractivity contribution in [2.75, 3.05) is 18.2 Å². The molecule has 19 heavy (non-hydrogen) atoms. The van der Waals surface area contributed by atoms with Gasteiger partial charge in [0.25, 0.3) is 0 Å². The molecule has 0 radical (unpaired) electrons. The number of hydrogen-bond donors (Lipinski definition) is 2. The zero-order valence-electron chi connectivity index (χ0n) is 9.75. The molecule has 2 rings (SSSR count). The predicted molar refractivity (Wildman–Crippen MR) is 80.4 cm³/mol. The van der Waals surface area contributed by atoms with Crippen LogP contribution in [0.2, 0.25) is 10.0 Å². The molecule has 0 fully saturated rings. The molecule has 0 saturated heterocycles. The van der Waals surface area contributed by atoms with Gasteiger partial charge in [0.05, 0.1) is 22.8 Å². The van der Waals surface area contributed by atoms with Gasteiger partial charge in [0.1, 0.15) is 5.82 Å². The number of anilines is 3. The Labute approximate surface area is 128 Å². The minimum Gasteiger partial charge on any atom is -0.481 e. The monoisotopic (exact) mass is 362 g/mol. The lowest BCUT2D eigenvalue weighted by atomic mass is 10.3. The van der Waals surface area contributed by atoms with Crippen molar-refractivity contribution in [3.8, 4) is 5.88 Å². The van der Waals surface area contributed by atoms with Crippen LogP contribution in [0.4, 0.5) is 17.5 Å². The molecule has 0 atom stereocenters. The van der Waals surface area contributed by atoms with Crippen LogP contribution in [0.1, 0.15) is 0 Å². The molecule has 8 heteroatoms. The van der Waals surface area contributed by atoms with Crippen molar-refractivity contribution in [2.45, 2.75) is 0 Å². The maximum absolute atomic E-state index is 6.13. The number of ether oxygens (including phenoxy) is 1. The number of aromatic nitrogens is 2. The van der Waals surface area contributed by atoms with Gasteiger partial charge in [-0.2, -0.15) is 9.97 Å². The molecule has 100 valence electrons. The van der Waals surface area contributed by atoms with E-state index in [0.717, 1.165) is 0 Å². The van der Waals surface area contributed by atoms with Crippen molar-refractivity contribution in [3.05, 3.63) is 32.7 Å². The lowest BCUT2D eigenvalue weighted by molar-refractivity contribution is 0.398. The molecule has 0 bridgehead atoms. The fourth-order valence-electron chi connectivity index (χ4n) is 1.37. The quantitative estimate of drug-likeness (QED) is 0.809. The predicted octanol–water partition coefficient (Wildman–Crippen LogP) is 3.88. The van der Waals surface area contributed by atoms with Gasteiger partial charge >= 0.3 is 0 Å². The summed E-state index contributed by atoms with van der Waals surface area (Å²) in [5, 5.41) is 3.81. The van der Waals surface area contributed by atoms with Gasteiger partial charge in [-0.1, -0.05) is 23.2 Å². The van der Waals surface area contributed by atoms with E-state index in [1.54, 1.807) is 18.2 Å². The van der Waals surface area contributed by atoms with Gasteiger partial charge in [0.2, 0.25) is 11.8 Å². The van der Waals surface area contributed by atoms with Gasteiger partial charge in [-0.05, 0) is 28.1 Å². The van der Waals surface area contributed by atoms with Crippen molar-refractivity contribution < 1.29 is 4.74 Å². The summed E-state index contributed by atoms with van der Waals surface area (Å²) in [4.78, 5) is 7.92. The summed E-state index contributed by atoms with van der Waals surface area (Å²) in [6.45, 7) is 0. The summed E-state index contributed by atoms with van der Waals surface area (Å²) in [5.41, 5.74) is 6.18. The molecule has 0 spiro atoms. The van der Waals surface area contributed by atoms with Gasteiger partial charge < -0.3 is 15.8 Å². The van der Waals surface area contributed by atoms with Crippen LogP contribution in [0.3, 0.4) is 0 Å². The highest BCUT2D eigenvalue weighted by atomic mass is 79.9. The molecule has 1 heterocycles. The zero-order chi connectivity index (χ0) is 14.0. The van der Waals surface area contributed by atoms with E-state index in [9.17, 15) is 0 Å². The third kappa shape index (κ3) is 3.20. The standard InChI is InChI=1S/C11H9BrCl2N4O/c1-19-8-4-7(17-11(15)18-8)16-6-3-2-5(12)9(13)10(6)14/h2-4H,1H3,(H3,15,16,17,18). The molecule has 0 aliphatic heterocycles. The number of halogens is 3. The normalized spacial score (nSPS) is 10.3. The molecule has 0 saturated carbocycles. The number of rotatable bonds is 3. The lowest BCUT2D eigenvalue weighted by Gasteiger charge is -2.10. The molecule has 3 N–H and O–H groups in total. The van der Waals surface area contributed by atoms with Crippen LogP contribution in [-0.2, 0) is 0 Å². The highest BCUT2D eigenvalue weighted by Crippen LogP contribution is 2.37. The smallest absolute Gasteiger partial charge is 0.225 e. The Morgan fingerprint density at radius 1 is 1.26 bits per heavy atom. The maximum atomic E-state index is 6.13. The number of nitrogens with zero attached hydrogens (tertiary/aromatic N) is 2. The maximum Gasteiger partial charge on any atom is 0.225 e. The number of methoxy groups -OCH3 is 1. The molecule has 0 aliphatic carbocycles. The molecule has 5 nitrogen and oxygen atoms in total. The first-order chi connectivity index (χ1) is 9.01. The van der Waals surface area contributed by atoms with E-state index in [1.807, 2.05) is 0 Å². The van der Waals surface area contributed by atoms with Crippen molar-refractivity contribution in [2.24, 2.45) is 0 Å². The van der Waals surface area contributed by atoms with Crippen LogP contribution in [0, 0.1) is 0 Å². The first-order valence-corrected chi connectivity index (χ1v) is 6.65. The molecule has 0 amide bonds. The molecule has 0 aliphatic rings. The third-order valence-corrected chi connectivity index (χ3v) is 4.00. The van der Waals surface area contributed by atoms with E-state index in [1.165, 1.54) is 7.11 Å². The average molecular weight is 364 g/mol. The molecule has 1 aromatic carbocycles. The average Bonchev–Trinajstić information content (AvgIpc) is 2.39. The lowest BCUT2D eigenvalue weighted by Crippen LogP contribution is -2.02. The summed E-state index contributed by atoms with van der Waals surface area (Å²) >= 11 is 15.5. The molecular weight excluding hydrogens is 355 g/mol. The fourth-order valence-corrected chi connectivity index (χ4v) is 2.19. The Balaban J connectivity index is 2.36. The number of benzene rings is 1. The Morgan fingerprint density at radius 2 is 2.00 bits per heavy atom. The first-order valence-electron chi connectivity index (χ1n) is 5.10. The van der Waals surface area contributed by atoms with E-state index in [2.05, 4.69) is 31.2 Å². The van der Waals surface area contributed by atoms with Crippen LogP contribution < -0.4 is 15.8 Å². The Hall–Kier alpha value is -1.24. The Morgan fingerprint density at radius 3 is 2.68 bits per heavy atom. The van der Waals surface area contributed by atoms with Crippen molar-refractivity contribution in [1.29, 1.82) is 0 Å². The first kappa shape index (κ1) is 14.2. The number of hydrogen-bond acceptors (Lipinski definition) is 5. The van der Waals surface area contributed by atoms with E-state index in [4.69, 9.17) is 33.7 Å². The second kappa shape index (κ2) is 5.81. The van der Waals surface area contributed by atoms with E-state index < -0.39 is 0 Å². The van der Waals surface area contributed by atoms with Crippen LogP contribution >= 0.6 is 39.1 Å².